The quantitative estimate of drug-likeness (QED) is 0.816. The van der Waals surface area contributed by atoms with Crippen molar-refractivity contribution < 1.29 is 14.2 Å². The van der Waals surface area contributed by atoms with Crippen LogP contribution in [0.4, 0.5) is 0 Å². The maximum absolute atomic E-state index is 5.61. The lowest BCUT2D eigenvalue weighted by Crippen LogP contribution is -2.35. The Morgan fingerprint density at radius 3 is 2.47 bits per heavy atom. The van der Waals surface area contributed by atoms with Gasteiger partial charge in [-0.2, -0.15) is 0 Å². The summed E-state index contributed by atoms with van der Waals surface area (Å²) in [4.78, 5) is 2.40. The second-order valence-corrected chi connectivity index (χ2v) is 4.68. The standard InChI is InChI=1S/C15H23NO3/c1-4-13-14(17-2)6-5-12(15(13)18-3)11-16-7-9-19-10-8-16/h5-6H,4,7-11H2,1-3H3. The predicted octanol–water partition coefficient (Wildman–Crippen LogP) is 2.10. The first-order valence-electron chi connectivity index (χ1n) is 6.83. The molecule has 0 aliphatic carbocycles. The average Bonchev–Trinajstić information content (AvgIpc) is 2.47. The van der Waals surface area contributed by atoms with E-state index >= 15 is 0 Å². The molecule has 2 rings (SSSR count). The number of benzene rings is 1. The van der Waals surface area contributed by atoms with E-state index in [0.717, 1.165) is 56.3 Å². The van der Waals surface area contributed by atoms with Crippen LogP contribution in [0.3, 0.4) is 0 Å². The first kappa shape index (κ1) is 14.2. The largest absolute Gasteiger partial charge is 0.496 e. The molecule has 1 aliphatic heterocycles. The maximum atomic E-state index is 5.61. The summed E-state index contributed by atoms with van der Waals surface area (Å²) in [6.07, 6.45) is 0.906. The van der Waals surface area contributed by atoms with E-state index in [9.17, 15) is 0 Å². The van der Waals surface area contributed by atoms with E-state index in [2.05, 4.69) is 17.9 Å². The van der Waals surface area contributed by atoms with Crippen molar-refractivity contribution in [2.24, 2.45) is 0 Å². The van der Waals surface area contributed by atoms with Crippen LogP contribution in [0, 0.1) is 0 Å². The normalized spacial score (nSPS) is 16.4. The minimum absolute atomic E-state index is 0.819. The molecule has 1 heterocycles. The van der Waals surface area contributed by atoms with Gasteiger partial charge < -0.3 is 14.2 Å². The van der Waals surface area contributed by atoms with Crippen molar-refractivity contribution in [1.29, 1.82) is 0 Å². The number of nitrogens with zero attached hydrogens (tertiary/aromatic N) is 1. The minimum Gasteiger partial charge on any atom is -0.496 e. The zero-order chi connectivity index (χ0) is 13.7. The number of methoxy groups -OCH3 is 2. The van der Waals surface area contributed by atoms with Crippen molar-refractivity contribution in [1.82, 2.24) is 4.90 Å². The first-order valence-corrected chi connectivity index (χ1v) is 6.83. The second kappa shape index (κ2) is 6.78. The molecule has 106 valence electrons. The molecular weight excluding hydrogens is 242 g/mol. The molecule has 1 aromatic carbocycles. The van der Waals surface area contributed by atoms with Crippen LogP contribution in [0.2, 0.25) is 0 Å². The topological polar surface area (TPSA) is 30.9 Å². The Balaban J connectivity index is 2.23. The summed E-state index contributed by atoms with van der Waals surface area (Å²) >= 11 is 0. The van der Waals surface area contributed by atoms with Gasteiger partial charge in [0, 0.05) is 30.8 Å². The van der Waals surface area contributed by atoms with Crippen LogP contribution in [-0.4, -0.2) is 45.4 Å². The highest BCUT2D eigenvalue weighted by Crippen LogP contribution is 2.33. The van der Waals surface area contributed by atoms with E-state index in [0.29, 0.717) is 0 Å². The van der Waals surface area contributed by atoms with Gasteiger partial charge in [-0.15, -0.1) is 0 Å². The zero-order valence-electron chi connectivity index (χ0n) is 12.1. The molecular formula is C15H23NO3. The highest BCUT2D eigenvalue weighted by Gasteiger charge is 2.17. The van der Waals surface area contributed by atoms with E-state index in [-0.39, 0.29) is 0 Å². The second-order valence-electron chi connectivity index (χ2n) is 4.68. The molecule has 0 unspecified atom stereocenters. The lowest BCUT2D eigenvalue weighted by Gasteiger charge is -2.27. The highest BCUT2D eigenvalue weighted by atomic mass is 16.5. The summed E-state index contributed by atoms with van der Waals surface area (Å²) in [5.74, 6) is 1.87. The molecule has 4 heteroatoms. The Hall–Kier alpha value is -1.26. The van der Waals surface area contributed by atoms with Gasteiger partial charge >= 0.3 is 0 Å². The summed E-state index contributed by atoms with van der Waals surface area (Å²) in [5, 5.41) is 0. The molecule has 4 nitrogen and oxygen atoms in total. The average molecular weight is 265 g/mol. The molecule has 1 saturated heterocycles. The van der Waals surface area contributed by atoms with Gasteiger partial charge in [-0.25, -0.2) is 0 Å². The third-order valence-electron chi connectivity index (χ3n) is 3.57. The summed E-state index contributed by atoms with van der Waals surface area (Å²) < 4.78 is 16.4. The van der Waals surface area contributed by atoms with E-state index < -0.39 is 0 Å². The Morgan fingerprint density at radius 1 is 1.16 bits per heavy atom. The molecule has 1 fully saturated rings. The lowest BCUT2D eigenvalue weighted by molar-refractivity contribution is 0.0338. The fourth-order valence-electron chi connectivity index (χ4n) is 2.56. The van der Waals surface area contributed by atoms with Gasteiger partial charge in [0.2, 0.25) is 0 Å². The molecule has 1 aliphatic rings. The van der Waals surface area contributed by atoms with E-state index in [4.69, 9.17) is 14.2 Å². The van der Waals surface area contributed by atoms with E-state index in [1.54, 1.807) is 14.2 Å². The van der Waals surface area contributed by atoms with Crippen LogP contribution in [0.15, 0.2) is 12.1 Å². The lowest BCUT2D eigenvalue weighted by atomic mass is 10.0. The van der Waals surface area contributed by atoms with Crippen molar-refractivity contribution in [3.05, 3.63) is 23.3 Å². The van der Waals surface area contributed by atoms with Gasteiger partial charge in [0.05, 0.1) is 27.4 Å². The SMILES string of the molecule is CCc1c(OC)ccc(CN2CCOCC2)c1OC. The Bertz CT molecular complexity index is 414. The molecule has 1 aromatic rings. The third kappa shape index (κ3) is 3.19. The van der Waals surface area contributed by atoms with Gasteiger partial charge in [-0.05, 0) is 12.5 Å². The van der Waals surface area contributed by atoms with Crippen LogP contribution in [0.5, 0.6) is 11.5 Å². The third-order valence-corrected chi connectivity index (χ3v) is 3.57. The molecule has 0 radical (unpaired) electrons. The maximum Gasteiger partial charge on any atom is 0.130 e. The fraction of sp³-hybridized carbons (Fsp3) is 0.600. The van der Waals surface area contributed by atoms with Crippen molar-refractivity contribution in [3.63, 3.8) is 0 Å². The highest BCUT2D eigenvalue weighted by molar-refractivity contribution is 5.50. The monoisotopic (exact) mass is 265 g/mol. The molecule has 0 N–H and O–H groups in total. The van der Waals surface area contributed by atoms with Crippen LogP contribution in [0.1, 0.15) is 18.1 Å². The molecule has 19 heavy (non-hydrogen) atoms. The molecule has 0 saturated carbocycles. The van der Waals surface area contributed by atoms with Crippen LogP contribution in [0.25, 0.3) is 0 Å². The number of morpholine rings is 1. The van der Waals surface area contributed by atoms with Gasteiger partial charge in [-0.1, -0.05) is 13.0 Å². The van der Waals surface area contributed by atoms with Crippen molar-refractivity contribution >= 4 is 0 Å². The first-order chi connectivity index (χ1) is 9.30. The van der Waals surface area contributed by atoms with E-state index in [1.807, 2.05) is 6.07 Å². The van der Waals surface area contributed by atoms with Crippen molar-refractivity contribution in [2.45, 2.75) is 19.9 Å². The number of ether oxygens (including phenoxy) is 3. The molecule has 0 amide bonds. The van der Waals surface area contributed by atoms with Crippen LogP contribution < -0.4 is 9.47 Å². The minimum atomic E-state index is 0.819. The Labute approximate surface area is 115 Å². The number of hydrogen-bond acceptors (Lipinski definition) is 4. The van der Waals surface area contributed by atoms with Gasteiger partial charge in [0.1, 0.15) is 11.5 Å². The summed E-state index contributed by atoms with van der Waals surface area (Å²) in [6, 6.07) is 4.14. The van der Waals surface area contributed by atoms with Gasteiger partial charge in [-0.3, -0.25) is 4.90 Å². The Morgan fingerprint density at radius 2 is 1.89 bits per heavy atom. The van der Waals surface area contributed by atoms with Crippen LogP contribution >= 0.6 is 0 Å². The molecule has 0 spiro atoms. The Kier molecular flexibility index (Phi) is 5.05. The van der Waals surface area contributed by atoms with Crippen LogP contribution in [-0.2, 0) is 17.7 Å². The van der Waals surface area contributed by atoms with Gasteiger partial charge in [0.25, 0.3) is 0 Å². The zero-order valence-corrected chi connectivity index (χ0v) is 12.1. The van der Waals surface area contributed by atoms with Gasteiger partial charge in [0.15, 0.2) is 0 Å². The predicted molar refractivity (Wildman–Crippen MR) is 75.0 cm³/mol. The molecule has 0 aromatic heterocycles. The summed E-state index contributed by atoms with van der Waals surface area (Å²) in [5.41, 5.74) is 2.37. The molecule has 0 atom stereocenters. The van der Waals surface area contributed by atoms with Crippen molar-refractivity contribution in [2.75, 3.05) is 40.5 Å². The van der Waals surface area contributed by atoms with Crippen molar-refractivity contribution in [3.8, 4) is 11.5 Å². The number of rotatable bonds is 5. The summed E-state index contributed by atoms with van der Waals surface area (Å²) in [7, 11) is 3.44. The number of hydrogen-bond donors (Lipinski definition) is 0. The fourth-order valence-corrected chi connectivity index (χ4v) is 2.56. The summed E-state index contributed by atoms with van der Waals surface area (Å²) in [6.45, 7) is 6.63. The smallest absolute Gasteiger partial charge is 0.130 e. The van der Waals surface area contributed by atoms with E-state index in [1.165, 1.54) is 5.56 Å². The molecule has 0 bridgehead atoms.